The van der Waals surface area contributed by atoms with Crippen LogP contribution in [-0.4, -0.2) is 61.7 Å². The summed E-state index contributed by atoms with van der Waals surface area (Å²) >= 11 is 2.71. The van der Waals surface area contributed by atoms with Gasteiger partial charge in [0.15, 0.2) is 0 Å². The molecule has 3 N–H and O–H groups in total. The largest absolute Gasteiger partial charge is 0.497 e. The van der Waals surface area contributed by atoms with Crippen molar-refractivity contribution in [2.75, 3.05) is 38.5 Å². The number of hydrogen-bond acceptors (Lipinski definition) is 10. The predicted molar refractivity (Wildman–Crippen MR) is 220 cm³/mol. The van der Waals surface area contributed by atoms with Crippen LogP contribution in [-0.2, 0) is 33.8 Å². The predicted octanol–water partition coefficient (Wildman–Crippen LogP) is 7.64. The molecule has 13 heteroatoms. The Bertz CT molecular complexity index is 2240. The number of thioether (sulfide) groups is 1. The van der Waals surface area contributed by atoms with Gasteiger partial charge in [-0.3, -0.25) is 19.3 Å². The topological polar surface area (TPSA) is 135 Å². The summed E-state index contributed by atoms with van der Waals surface area (Å²) in [4.78, 5) is 57.7. The molecule has 2 heterocycles. The summed E-state index contributed by atoms with van der Waals surface area (Å²) in [5, 5.41) is 8.54. The molecule has 0 saturated carbocycles. The van der Waals surface area contributed by atoms with Crippen LogP contribution in [0, 0.1) is 0 Å². The molecule has 0 saturated heterocycles. The average molecular weight is 791 g/mol. The highest BCUT2D eigenvalue weighted by Crippen LogP contribution is 2.39. The molecule has 0 aliphatic carbocycles. The van der Waals surface area contributed by atoms with Gasteiger partial charge in [0, 0.05) is 46.2 Å². The molecule has 1 aliphatic rings. The zero-order valence-corrected chi connectivity index (χ0v) is 33.1. The molecule has 0 spiro atoms. The highest BCUT2D eigenvalue weighted by atomic mass is 32.2. The van der Waals surface area contributed by atoms with Crippen molar-refractivity contribution >= 4 is 63.6 Å². The first kappa shape index (κ1) is 39.8. The van der Waals surface area contributed by atoms with E-state index in [4.69, 9.17) is 14.2 Å². The van der Waals surface area contributed by atoms with Gasteiger partial charge in [0.25, 0.3) is 11.8 Å². The fourth-order valence-corrected chi connectivity index (χ4v) is 8.41. The van der Waals surface area contributed by atoms with Crippen LogP contribution in [0.15, 0.2) is 114 Å². The van der Waals surface area contributed by atoms with Crippen LogP contribution in [0.5, 0.6) is 11.5 Å². The number of methoxy groups -OCH3 is 3. The van der Waals surface area contributed by atoms with E-state index in [-0.39, 0.29) is 11.6 Å². The number of rotatable bonds is 14. The summed E-state index contributed by atoms with van der Waals surface area (Å²) < 4.78 is 16.0. The zero-order chi connectivity index (χ0) is 39.6. The third-order valence-electron chi connectivity index (χ3n) is 9.05. The van der Waals surface area contributed by atoms with E-state index in [0.717, 1.165) is 23.5 Å². The Morgan fingerprint density at radius 1 is 0.875 bits per heavy atom. The summed E-state index contributed by atoms with van der Waals surface area (Å²) in [6.07, 6.45) is 2.19. The molecule has 0 radical (unpaired) electrons. The Kier molecular flexibility index (Phi) is 13.2. The SMILES string of the molecule is COC(=O)c1c(NC(=O)C(C)Sc2cccc(NC(=O)/C(=C\c3cc(OC)ccc3OC)NC(=O)c3ccccc3)c2)sc2c1CCN(Cc1ccccc1)C2. The number of thiophene rings is 1. The second-order valence-electron chi connectivity index (χ2n) is 12.9. The molecule has 4 aromatic carbocycles. The molecule has 1 aliphatic heterocycles. The first-order chi connectivity index (χ1) is 27.1. The summed E-state index contributed by atoms with van der Waals surface area (Å²) in [7, 11) is 4.39. The number of ether oxygens (including phenoxy) is 3. The number of nitrogens with one attached hydrogen (secondary N) is 3. The number of amides is 3. The zero-order valence-electron chi connectivity index (χ0n) is 31.4. The molecule has 1 unspecified atom stereocenters. The number of carbonyl (C=O) groups excluding carboxylic acids is 4. The van der Waals surface area contributed by atoms with Crippen molar-refractivity contribution in [2.45, 2.75) is 36.6 Å². The van der Waals surface area contributed by atoms with Crippen LogP contribution in [0.3, 0.4) is 0 Å². The molecule has 1 atom stereocenters. The lowest BCUT2D eigenvalue weighted by Crippen LogP contribution is -2.30. The maximum Gasteiger partial charge on any atom is 0.341 e. The number of hydrogen-bond donors (Lipinski definition) is 3. The minimum absolute atomic E-state index is 0.0283. The van der Waals surface area contributed by atoms with E-state index in [0.29, 0.717) is 56.7 Å². The van der Waals surface area contributed by atoms with Gasteiger partial charge in [0.1, 0.15) is 22.2 Å². The van der Waals surface area contributed by atoms with Crippen LogP contribution >= 0.6 is 23.1 Å². The molecule has 288 valence electrons. The van der Waals surface area contributed by atoms with Gasteiger partial charge >= 0.3 is 5.97 Å². The van der Waals surface area contributed by atoms with Crippen LogP contribution in [0.25, 0.3) is 6.08 Å². The van der Waals surface area contributed by atoms with E-state index in [1.54, 1.807) is 73.7 Å². The van der Waals surface area contributed by atoms with Gasteiger partial charge in [0.05, 0.1) is 32.1 Å². The molecule has 0 fully saturated rings. The van der Waals surface area contributed by atoms with Crippen molar-refractivity contribution in [3.05, 3.63) is 142 Å². The lowest BCUT2D eigenvalue weighted by molar-refractivity contribution is -0.115. The highest BCUT2D eigenvalue weighted by Gasteiger charge is 2.30. The van der Waals surface area contributed by atoms with Gasteiger partial charge in [-0.2, -0.15) is 0 Å². The highest BCUT2D eigenvalue weighted by molar-refractivity contribution is 8.00. The molecule has 11 nitrogen and oxygen atoms in total. The quantitative estimate of drug-likeness (QED) is 0.0590. The third kappa shape index (κ3) is 9.85. The van der Waals surface area contributed by atoms with Crippen molar-refractivity contribution in [3.8, 4) is 11.5 Å². The van der Waals surface area contributed by atoms with Gasteiger partial charge in [-0.05, 0) is 79.1 Å². The lowest BCUT2D eigenvalue weighted by Gasteiger charge is -2.27. The van der Waals surface area contributed by atoms with Crippen LogP contribution < -0.4 is 25.4 Å². The van der Waals surface area contributed by atoms with Gasteiger partial charge in [-0.15, -0.1) is 23.1 Å². The Morgan fingerprint density at radius 3 is 2.34 bits per heavy atom. The van der Waals surface area contributed by atoms with E-state index in [1.165, 1.54) is 56.1 Å². The second kappa shape index (κ2) is 18.6. The number of nitrogens with zero attached hydrogens (tertiary/aromatic N) is 1. The fraction of sp³-hybridized carbons (Fsp3) is 0.209. The maximum atomic E-state index is 13.8. The summed E-state index contributed by atoms with van der Waals surface area (Å²) in [5.41, 5.74) is 3.86. The second-order valence-corrected chi connectivity index (χ2v) is 15.4. The molecule has 5 aromatic rings. The van der Waals surface area contributed by atoms with Crippen molar-refractivity contribution < 1.29 is 33.4 Å². The summed E-state index contributed by atoms with van der Waals surface area (Å²) in [6, 6.07) is 31.0. The Hall–Kier alpha value is -5.89. The lowest BCUT2D eigenvalue weighted by atomic mass is 10.0. The van der Waals surface area contributed by atoms with Crippen molar-refractivity contribution in [1.82, 2.24) is 10.2 Å². The number of fused-ring (bicyclic) bond motifs is 1. The normalized spacial score (nSPS) is 13.2. The van der Waals surface area contributed by atoms with Crippen LogP contribution in [0.2, 0.25) is 0 Å². The fourth-order valence-electron chi connectivity index (χ4n) is 6.21. The Morgan fingerprint density at radius 2 is 1.62 bits per heavy atom. The first-order valence-electron chi connectivity index (χ1n) is 17.8. The van der Waals surface area contributed by atoms with E-state index in [1.807, 2.05) is 24.3 Å². The van der Waals surface area contributed by atoms with Crippen molar-refractivity contribution in [3.63, 3.8) is 0 Å². The van der Waals surface area contributed by atoms with Gasteiger partial charge in [-0.1, -0.05) is 54.6 Å². The van der Waals surface area contributed by atoms with E-state index >= 15 is 0 Å². The number of anilines is 2. The number of benzene rings is 4. The van der Waals surface area contributed by atoms with Crippen molar-refractivity contribution in [1.29, 1.82) is 0 Å². The minimum Gasteiger partial charge on any atom is -0.497 e. The molecule has 1 aromatic heterocycles. The number of esters is 1. The standard InChI is InChI=1S/C43H42N4O7S2/c1-27(39(48)46-42-38(43(51)54-4)34-20-21-47(26-37(34)56-42)25-28-12-7-5-8-13-28)55-33-17-11-16-31(24-33)44-41(50)35(45-40(49)29-14-9-6-10-15-29)23-30-22-32(52-2)18-19-36(30)53-3/h5-19,22-24,27H,20-21,25-26H2,1-4H3,(H,44,50)(H,45,49)(H,46,48)/b35-23+. The third-order valence-corrected chi connectivity index (χ3v) is 11.3. The molecule has 3 amide bonds. The Balaban J connectivity index is 1.16. The van der Waals surface area contributed by atoms with E-state index < -0.39 is 23.0 Å². The monoisotopic (exact) mass is 790 g/mol. The van der Waals surface area contributed by atoms with Gasteiger partial charge in [0.2, 0.25) is 5.91 Å². The van der Waals surface area contributed by atoms with Gasteiger partial charge in [-0.25, -0.2) is 4.79 Å². The number of carbonyl (C=O) groups is 4. The average Bonchev–Trinajstić information content (AvgIpc) is 3.57. The summed E-state index contributed by atoms with van der Waals surface area (Å²) in [6.45, 7) is 4.01. The molecular weight excluding hydrogens is 749 g/mol. The molecule has 6 rings (SSSR count). The van der Waals surface area contributed by atoms with E-state index in [2.05, 4.69) is 33.0 Å². The van der Waals surface area contributed by atoms with Crippen LogP contribution in [0.4, 0.5) is 10.7 Å². The van der Waals surface area contributed by atoms with E-state index in [9.17, 15) is 19.2 Å². The first-order valence-corrected chi connectivity index (χ1v) is 19.5. The van der Waals surface area contributed by atoms with Crippen LogP contribution in [0.1, 0.15) is 49.2 Å². The van der Waals surface area contributed by atoms with Gasteiger partial charge < -0.3 is 30.2 Å². The maximum absolute atomic E-state index is 13.8. The summed E-state index contributed by atoms with van der Waals surface area (Å²) in [5.74, 6) is -0.787. The Labute approximate surface area is 334 Å². The minimum atomic E-state index is -0.577. The smallest absolute Gasteiger partial charge is 0.341 e. The molecule has 0 bridgehead atoms. The molecule has 56 heavy (non-hydrogen) atoms. The van der Waals surface area contributed by atoms with Crippen molar-refractivity contribution in [2.24, 2.45) is 0 Å². The molecular formula is C43H42N4O7S2.